The van der Waals surface area contributed by atoms with Crippen molar-refractivity contribution in [3.8, 4) is 17.1 Å². The van der Waals surface area contributed by atoms with E-state index in [0.29, 0.717) is 23.0 Å². The van der Waals surface area contributed by atoms with Crippen molar-refractivity contribution in [1.82, 2.24) is 9.97 Å². The second-order valence-electron chi connectivity index (χ2n) is 4.28. The van der Waals surface area contributed by atoms with Gasteiger partial charge in [0, 0.05) is 17.5 Å². The van der Waals surface area contributed by atoms with E-state index in [1.54, 1.807) is 0 Å². The van der Waals surface area contributed by atoms with Gasteiger partial charge < -0.3 is 5.11 Å². The monoisotopic (exact) mass is 310 g/mol. The van der Waals surface area contributed by atoms with Crippen molar-refractivity contribution in [2.45, 2.75) is 0 Å². The lowest BCUT2D eigenvalue weighted by Gasteiger charge is -2.07. The molecular formula is C14H6ClF3N2O. The van der Waals surface area contributed by atoms with Gasteiger partial charge in [-0.25, -0.2) is 23.1 Å². The summed E-state index contributed by atoms with van der Waals surface area (Å²) in [6, 6.07) is 5.19. The molecular weight excluding hydrogens is 305 g/mol. The Morgan fingerprint density at radius 1 is 0.952 bits per heavy atom. The van der Waals surface area contributed by atoms with E-state index < -0.39 is 23.0 Å². The number of fused-ring (bicyclic) bond motifs is 1. The van der Waals surface area contributed by atoms with Crippen molar-refractivity contribution in [3.05, 3.63) is 52.9 Å². The number of benzene rings is 2. The minimum atomic E-state index is -1.12. The highest BCUT2D eigenvalue weighted by Gasteiger charge is 2.18. The van der Waals surface area contributed by atoms with Gasteiger partial charge in [0.25, 0.3) is 0 Å². The molecule has 1 heterocycles. The highest BCUT2D eigenvalue weighted by Crippen LogP contribution is 2.30. The van der Waals surface area contributed by atoms with Gasteiger partial charge in [-0.1, -0.05) is 11.6 Å². The fourth-order valence-electron chi connectivity index (χ4n) is 1.95. The molecule has 0 aliphatic carbocycles. The first-order valence-corrected chi connectivity index (χ1v) is 6.14. The van der Waals surface area contributed by atoms with Gasteiger partial charge in [0.15, 0.2) is 5.82 Å². The zero-order valence-electron chi connectivity index (χ0n) is 10.2. The fourth-order valence-corrected chi connectivity index (χ4v) is 2.18. The molecule has 0 atom stereocenters. The number of hydrogen-bond donors (Lipinski definition) is 1. The number of aromatic hydroxyl groups is 1. The van der Waals surface area contributed by atoms with Crippen LogP contribution in [0.5, 0.6) is 5.75 Å². The number of rotatable bonds is 1. The Hall–Kier alpha value is -2.34. The van der Waals surface area contributed by atoms with Crippen LogP contribution in [0.1, 0.15) is 0 Å². The van der Waals surface area contributed by atoms with Gasteiger partial charge in [0.05, 0.1) is 11.1 Å². The molecule has 0 amide bonds. The third kappa shape index (κ3) is 2.38. The van der Waals surface area contributed by atoms with Crippen LogP contribution in [-0.2, 0) is 0 Å². The lowest BCUT2D eigenvalue weighted by atomic mass is 10.1. The maximum atomic E-state index is 13.7. The minimum Gasteiger partial charge on any atom is -0.508 e. The molecule has 1 N–H and O–H groups in total. The van der Waals surface area contributed by atoms with Gasteiger partial charge in [0.1, 0.15) is 28.4 Å². The molecule has 21 heavy (non-hydrogen) atoms. The molecule has 0 aliphatic rings. The second-order valence-corrected chi connectivity index (χ2v) is 4.64. The van der Waals surface area contributed by atoms with Crippen molar-refractivity contribution in [3.63, 3.8) is 0 Å². The first kappa shape index (κ1) is 13.6. The Balaban J connectivity index is 2.29. The van der Waals surface area contributed by atoms with Crippen molar-refractivity contribution in [2.24, 2.45) is 0 Å². The summed E-state index contributed by atoms with van der Waals surface area (Å²) in [5.41, 5.74) is -0.265. The molecule has 1 aromatic heterocycles. The summed E-state index contributed by atoms with van der Waals surface area (Å²) in [7, 11) is 0. The molecule has 3 rings (SSSR count). The first-order valence-electron chi connectivity index (χ1n) is 5.77. The third-order valence-corrected chi connectivity index (χ3v) is 3.15. The summed E-state index contributed by atoms with van der Waals surface area (Å²) in [6.45, 7) is 0. The molecule has 0 aliphatic heterocycles. The molecule has 0 fully saturated rings. The van der Waals surface area contributed by atoms with Gasteiger partial charge in [-0.15, -0.1) is 0 Å². The first-order chi connectivity index (χ1) is 9.95. The van der Waals surface area contributed by atoms with E-state index in [4.69, 9.17) is 11.6 Å². The molecule has 0 saturated carbocycles. The number of aromatic nitrogens is 2. The van der Waals surface area contributed by atoms with E-state index >= 15 is 0 Å². The predicted octanol–water partition coefficient (Wildman–Crippen LogP) is 4.07. The highest BCUT2D eigenvalue weighted by molar-refractivity contribution is 6.34. The van der Waals surface area contributed by atoms with Crippen LogP contribution in [-0.4, -0.2) is 15.1 Å². The molecule has 7 heteroatoms. The molecule has 106 valence electrons. The van der Waals surface area contributed by atoms with Crippen molar-refractivity contribution < 1.29 is 18.3 Å². The van der Waals surface area contributed by atoms with Crippen LogP contribution in [0.15, 0.2) is 30.3 Å². The summed E-state index contributed by atoms with van der Waals surface area (Å²) in [5, 5.41) is 9.65. The largest absolute Gasteiger partial charge is 0.508 e. The Morgan fingerprint density at radius 3 is 2.29 bits per heavy atom. The maximum Gasteiger partial charge on any atom is 0.167 e. The zero-order valence-corrected chi connectivity index (χ0v) is 11.0. The molecule has 2 aromatic carbocycles. The van der Waals surface area contributed by atoms with E-state index in [2.05, 4.69) is 9.97 Å². The highest BCUT2D eigenvalue weighted by atomic mass is 35.5. The van der Waals surface area contributed by atoms with Gasteiger partial charge >= 0.3 is 0 Å². The van der Waals surface area contributed by atoms with Gasteiger partial charge in [-0.05, 0) is 18.2 Å². The van der Waals surface area contributed by atoms with Crippen molar-refractivity contribution in [2.75, 3.05) is 0 Å². The molecule has 3 aromatic rings. The Morgan fingerprint density at radius 2 is 1.62 bits per heavy atom. The topological polar surface area (TPSA) is 46.0 Å². The Bertz CT molecular complexity index is 847. The summed E-state index contributed by atoms with van der Waals surface area (Å²) >= 11 is 5.94. The number of nitrogens with zero attached hydrogens (tertiary/aromatic N) is 2. The summed E-state index contributed by atoms with van der Waals surface area (Å²) in [4.78, 5) is 7.79. The van der Waals surface area contributed by atoms with Crippen LogP contribution in [0.3, 0.4) is 0 Å². The molecule has 0 unspecified atom stereocenters. The summed E-state index contributed by atoms with van der Waals surface area (Å²) < 4.78 is 40.4. The van der Waals surface area contributed by atoms with Crippen LogP contribution in [0, 0.1) is 17.5 Å². The molecule has 0 spiro atoms. The SMILES string of the molecule is Oc1ccc2nc(-c3c(F)cc(F)cc3F)nc(Cl)c2c1. The van der Waals surface area contributed by atoms with Crippen LogP contribution in [0.4, 0.5) is 13.2 Å². The number of phenols is 1. The third-order valence-electron chi connectivity index (χ3n) is 2.86. The van der Waals surface area contributed by atoms with Crippen LogP contribution in [0.25, 0.3) is 22.3 Å². The van der Waals surface area contributed by atoms with Crippen LogP contribution >= 0.6 is 11.6 Å². The lowest BCUT2D eigenvalue weighted by molar-refractivity contribution is 0.476. The normalized spacial score (nSPS) is 11.0. The van der Waals surface area contributed by atoms with E-state index in [9.17, 15) is 18.3 Å². The van der Waals surface area contributed by atoms with Crippen molar-refractivity contribution in [1.29, 1.82) is 0 Å². The average molecular weight is 311 g/mol. The van der Waals surface area contributed by atoms with Crippen molar-refractivity contribution >= 4 is 22.5 Å². The summed E-state index contributed by atoms with van der Waals surface area (Å²) in [6.07, 6.45) is 0. The minimum absolute atomic E-state index is 0.0418. The van der Waals surface area contributed by atoms with Gasteiger partial charge in [-0.3, -0.25) is 0 Å². The summed E-state index contributed by atoms with van der Waals surface area (Å²) in [5.74, 6) is -3.62. The Labute approximate surface area is 121 Å². The second kappa shape index (κ2) is 4.89. The molecule has 0 radical (unpaired) electrons. The van der Waals surface area contributed by atoms with Crippen LogP contribution < -0.4 is 0 Å². The smallest absolute Gasteiger partial charge is 0.167 e. The molecule has 0 bridgehead atoms. The van der Waals surface area contributed by atoms with E-state index in [1.807, 2.05) is 0 Å². The average Bonchev–Trinajstić information content (AvgIpc) is 2.38. The van der Waals surface area contributed by atoms with E-state index in [-0.39, 0.29) is 16.7 Å². The van der Waals surface area contributed by atoms with E-state index in [0.717, 1.165) is 0 Å². The quantitative estimate of drug-likeness (QED) is 0.689. The Kier molecular flexibility index (Phi) is 3.17. The number of hydrogen-bond acceptors (Lipinski definition) is 3. The predicted molar refractivity (Wildman–Crippen MR) is 71.5 cm³/mol. The van der Waals surface area contributed by atoms with Crippen LogP contribution in [0.2, 0.25) is 5.15 Å². The molecule has 0 saturated heterocycles. The number of phenolic OH excluding ortho intramolecular Hbond substituents is 1. The zero-order chi connectivity index (χ0) is 15.1. The van der Waals surface area contributed by atoms with E-state index in [1.165, 1.54) is 18.2 Å². The lowest BCUT2D eigenvalue weighted by Crippen LogP contribution is -1.98. The van der Waals surface area contributed by atoms with Gasteiger partial charge in [0.2, 0.25) is 0 Å². The fraction of sp³-hybridized carbons (Fsp3) is 0. The maximum absolute atomic E-state index is 13.7. The standard InChI is InChI=1S/C14H6ClF3N2O/c15-13-8-5-7(21)1-2-11(8)19-14(20-13)12-9(17)3-6(16)4-10(12)18/h1-5,21H. The number of halogens is 4. The molecule has 3 nitrogen and oxygen atoms in total. The van der Waals surface area contributed by atoms with Gasteiger partial charge in [-0.2, -0.15) is 0 Å².